The highest BCUT2D eigenvalue weighted by molar-refractivity contribution is 5.33. The molecule has 0 aliphatic heterocycles. The molecule has 0 aliphatic rings. The summed E-state index contributed by atoms with van der Waals surface area (Å²) in [4.78, 5) is 4.23. The summed E-state index contributed by atoms with van der Waals surface area (Å²) < 4.78 is 12.0. The van der Waals surface area contributed by atoms with Gasteiger partial charge in [-0.05, 0) is 13.0 Å². The number of nitrogens with zero attached hydrogens (tertiary/aromatic N) is 3. The Hall–Kier alpha value is -2.08. The second-order valence-electron chi connectivity index (χ2n) is 3.92. The van der Waals surface area contributed by atoms with Gasteiger partial charge in [0.2, 0.25) is 5.88 Å². The summed E-state index contributed by atoms with van der Waals surface area (Å²) in [5.74, 6) is 0.997. The van der Waals surface area contributed by atoms with Crippen LogP contribution in [0.4, 0.5) is 0 Å². The smallest absolute Gasteiger partial charge is 0.213 e. The van der Waals surface area contributed by atoms with Crippen LogP contribution < -0.4 is 9.47 Å². The molecule has 0 aromatic carbocycles. The molecule has 0 aliphatic carbocycles. The summed E-state index contributed by atoms with van der Waals surface area (Å²) >= 11 is 0. The standard InChI is InChI=1S/C13H17N3O3/c1-4-16-12(10(18-2)8-14-16)13(17)9-6-5-7-11(15-9)19-3/h5-8,13,17H,4H2,1-3H3. The van der Waals surface area contributed by atoms with Crippen molar-refractivity contribution < 1.29 is 14.6 Å². The third-order valence-corrected chi connectivity index (χ3v) is 2.86. The summed E-state index contributed by atoms with van der Waals surface area (Å²) in [6, 6.07) is 5.24. The fraction of sp³-hybridized carbons (Fsp3) is 0.385. The van der Waals surface area contributed by atoms with E-state index >= 15 is 0 Å². The van der Waals surface area contributed by atoms with E-state index < -0.39 is 6.10 Å². The zero-order chi connectivity index (χ0) is 13.8. The van der Waals surface area contributed by atoms with Crippen LogP contribution in [-0.2, 0) is 6.54 Å². The Kier molecular flexibility index (Phi) is 4.01. The molecule has 0 saturated carbocycles. The van der Waals surface area contributed by atoms with E-state index in [4.69, 9.17) is 9.47 Å². The number of pyridine rings is 1. The molecule has 0 spiro atoms. The van der Waals surface area contributed by atoms with Crippen LogP contribution in [0, 0.1) is 0 Å². The quantitative estimate of drug-likeness (QED) is 0.883. The third-order valence-electron chi connectivity index (χ3n) is 2.86. The average Bonchev–Trinajstić information content (AvgIpc) is 2.89. The number of aliphatic hydroxyl groups excluding tert-OH is 1. The van der Waals surface area contributed by atoms with E-state index in [-0.39, 0.29) is 0 Å². The first kappa shape index (κ1) is 13.4. The van der Waals surface area contributed by atoms with Crippen molar-refractivity contribution in [3.05, 3.63) is 35.8 Å². The van der Waals surface area contributed by atoms with E-state index in [1.807, 2.05) is 6.92 Å². The van der Waals surface area contributed by atoms with Crippen molar-refractivity contribution >= 4 is 0 Å². The Labute approximate surface area is 111 Å². The summed E-state index contributed by atoms with van der Waals surface area (Å²) in [6.45, 7) is 2.58. The van der Waals surface area contributed by atoms with Gasteiger partial charge in [-0.3, -0.25) is 4.68 Å². The molecule has 0 bridgehead atoms. The third kappa shape index (κ3) is 2.53. The number of hydrogen-bond acceptors (Lipinski definition) is 5. The maximum Gasteiger partial charge on any atom is 0.213 e. The molecule has 0 radical (unpaired) electrons. The number of aromatic nitrogens is 3. The van der Waals surface area contributed by atoms with Crippen molar-refractivity contribution in [3.63, 3.8) is 0 Å². The second-order valence-corrected chi connectivity index (χ2v) is 3.92. The minimum atomic E-state index is -0.910. The van der Waals surface area contributed by atoms with Gasteiger partial charge in [-0.2, -0.15) is 5.10 Å². The lowest BCUT2D eigenvalue weighted by atomic mass is 10.1. The highest BCUT2D eigenvalue weighted by Gasteiger charge is 2.22. The minimum absolute atomic E-state index is 0.457. The van der Waals surface area contributed by atoms with Crippen molar-refractivity contribution in [3.8, 4) is 11.6 Å². The van der Waals surface area contributed by atoms with Gasteiger partial charge in [0.1, 0.15) is 11.8 Å². The molecule has 2 rings (SSSR count). The highest BCUT2D eigenvalue weighted by Crippen LogP contribution is 2.29. The molecule has 19 heavy (non-hydrogen) atoms. The molecule has 0 fully saturated rings. The van der Waals surface area contributed by atoms with E-state index in [0.717, 1.165) is 0 Å². The molecule has 1 N–H and O–H groups in total. The number of aliphatic hydroxyl groups is 1. The van der Waals surface area contributed by atoms with Crippen molar-refractivity contribution in [1.29, 1.82) is 0 Å². The molecule has 6 heteroatoms. The van der Waals surface area contributed by atoms with Gasteiger partial charge in [0, 0.05) is 12.6 Å². The number of rotatable bonds is 5. The van der Waals surface area contributed by atoms with Crippen LogP contribution in [0.2, 0.25) is 0 Å². The van der Waals surface area contributed by atoms with Crippen molar-refractivity contribution in [1.82, 2.24) is 14.8 Å². The van der Waals surface area contributed by atoms with Gasteiger partial charge in [-0.15, -0.1) is 0 Å². The Morgan fingerprint density at radius 1 is 1.32 bits per heavy atom. The van der Waals surface area contributed by atoms with Gasteiger partial charge in [-0.1, -0.05) is 6.07 Å². The summed E-state index contributed by atoms with van der Waals surface area (Å²) in [7, 11) is 3.08. The zero-order valence-electron chi connectivity index (χ0n) is 11.2. The first-order valence-corrected chi connectivity index (χ1v) is 6.00. The monoisotopic (exact) mass is 263 g/mol. The fourth-order valence-electron chi connectivity index (χ4n) is 1.90. The predicted octanol–water partition coefficient (Wildman–Crippen LogP) is 1.40. The van der Waals surface area contributed by atoms with Crippen LogP contribution in [0.1, 0.15) is 24.4 Å². The van der Waals surface area contributed by atoms with Gasteiger partial charge < -0.3 is 14.6 Å². The number of methoxy groups -OCH3 is 2. The number of aryl methyl sites for hydroxylation is 1. The molecule has 1 atom stereocenters. The van der Waals surface area contributed by atoms with E-state index in [1.165, 1.54) is 7.11 Å². The Bertz CT molecular complexity index is 532. The van der Waals surface area contributed by atoms with Crippen molar-refractivity contribution in [2.24, 2.45) is 0 Å². The van der Waals surface area contributed by atoms with E-state index in [2.05, 4.69) is 10.1 Å². The zero-order valence-corrected chi connectivity index (χ0v) is 11.2. The number of hydrogen-bond donors (Lipinski definition) is 1. The van der Waals surface area contributed by atoms with Crippen LogP contribution >= 0.6 is 0 Å². The molecular formula is C13H17N3O3. The SMILES string of the molecule is CCn1ncc(OC)c1C(O)c1cccc(OC)n1. The Morgan fingerprint density at radius 3 is 2.74 bits per heavy atom. The first-order valence-electron chi connectivity index (χ1n) is 6.00. The van der Waals surface area contributed by atoms with Crippen LogP contribution in [-0.4, -0.2) is 34.1 Å². The normalized spacial score (nSPS) is 12.2. The number of ether oxygens (including phenoxy) is 2. The van der Waals surface area contributed by atoms with Crippen LogP contribution in [0.3, 0.4) is 0 Å². The molecule has 2 aromatic rings. The van der Waals surface area contributed by atoms with Crippen molar-refractivity contribution in [2.45, 2.75) is 19.6 Å². The first-order chi connectivity index (χ1) is 9.21. The van der Waals surface area contributed by atoms with E-state index in [9.17, 15) is 5.11 Å². The molecule has 0 amide bonds. The van der Waals surface area contributed by atoms with Gasteiger partial charge >= 0.3 is 0 Å². The summed E-state index contributed by atoms with van der Waals surface area (Å²) in [5.41, 5.74) is 1.08. The lowest BCUT2D eigenvalue weighted by Crippen LogP contribution is -2.11. The average molecular weight is 263 g/mol. The Morgan fingerprint density at radius 2 is 2.11 bits per heavy atom. The van der Waals surface area contributed by atoms with Crippen LogP contribution in [0.5, 0.6) is 11.6 Å². The molecule has 0 saturated heterocycles. The summed E-state index contributed by atoms with van der Waals surface area (Å²) in [5, 5.41) is 14.6. The van der Waals surface area contributed by atoms with Crippen LogP contribution in [0.15, 0.2) is 24.4 Å². The van der Waals surface area contributed by atoms with Gasteiger partial charge in [0.05, 0.1) is 26.1 Å². The Balaban J connectivity index is 2.42. The van der Waals surface area contributed by atoms with Gasteiger partial charge in [0.15, 0.2) is 5.75 Å². The minimum Gasteiger partial charge on any atom is -0.493 e. The molecular weight excluding hydrogens is 246 g/mol. The lowest BCUT2D eigenvalue weighted by Gasteiger charge is -2.14. The second kappa shape index (κ2) is 5.71. The van der Waals surface area contributed by atoms with Crippen molar-refractivity contribution in [2.75, 3.05) is 14.2 Å². The molecule has 2 heterocycles. The summed E-state index contributed by atoms with van der Waals surface area (Å²) in [6.07, 6.45) is 0.676. The van der Waals surface area contributed by atoms with E-state index in [1.54, 1.807) is 36.2 Å². The maximum atomic E-state index is 10.5. The topological polar surface area (TPSA) is 69.4 Å². The largest absolute Gasteiger partial charge is 0.493 e. The highest BCUT2D eigenvalue weighted by atomic mass is 16.5. The molecule has 2 aromatic heterocycles. The molecule has 6 nitrogen and oxygen atoms in total. The lowest BCUT2D eigenvalue weighted by molar-refractivity contribution is 0.196. The van der Waals surface area contributed by atoms with E-state index in [0.29, 0.717) is 29.6 Å². The maximum absolute atomic E-state index is 10.5. The fourth-order valence-corrected chi connectivity index (χ4v) is 1.90. The van der Waals surface area contributed by atoms with Gasteiger partial charge in [-0.25, -0.2) is 4.98 Å². The van der Waals surface area contributed by atoms with Gasteiger partial charge in [0.25, 0.3) is 0 Å². The molecule has 102 valence electrons. The van der Waals surface area contributed by atoms with Crippen LogP contribution in [0.25, 0.3) is 0 Å². The predicted molar refractivity (Wildman–Crippen MR) is 69.3 cm³/mol. The molecule has 1 unspecified atom stereocenters.